The van der Waals surface area contributed by atoms with E-state index in [4.69, 9.17) is 23.2 Å². The molecule has 0 spiro atoms. The predicted molar refractivity (Wildman–Crippen MR) is 117 cm³/mol. The van der Waals surface area contributed by atoms with Crippen LogP contribution < -0.4 is 10.6 Å². The molecule has 7 nitrogen and oxygen atoms in total. The minimum Gasteiger partial charge on any atom is -0.504 e. The highest BCUT2D eigenvalue weighted by molar-refractivity contribution is 7.92. The summed E-state index contributed by atoms with van der Waals surface area (Å²) in [6.07, 6.45) is 6.28. The molecule has 2 aliphatic heterocycles. The molecule has 0 radical (unpaired) electrons. The van der Waals surface area contributed by atoms with Gasteiger partial charge in [-0.15, -0.1) is 0 Å². The third-order valence-corrected chi connectivity index (χ3v) is 9.63. The van der Waals surface area contributed by atoms with Gasteiger partial charge in [0.05, 0.1) is 22.0 Å². The van der Waals surface area contributed by atoms with Crippen molar-refractivity contribution in [2.24, 2.45) is 0 Å². The van der Waals surface area contributed by atoms with E-state index in [9.17, 15) is 18.3 Å². The van der Waals surface area contributed by atoms with Gasteiger partial charge in [0.15, 0.2) is 15.6 Å². The molecule has 3 N–H and O–H groups in total. The number of hydrogen-bond donors (Lipinski definition) is 3. The van der Waals surface area contributed by atoms with Crippen molar-refractivity contribution in [3.05, 3.63) is 28.3 Å². The lowest BCUT2D eigenvalue weighted by Crippen LogP contribution is -2.44. The van der Waals surface area contributed by atoms with Crippen molar-refractivity contribution < 1.29 is 18.3 Å². The van der Waals surface area contributed by atoms with Crippen LogP contribution in [-0.4, -0.2) is 54.9 Å². The second-order valence-corrected chi connectivity index (χ2v) is 11.3. The molecule has 0 saturated carbocycles. The van der Waals surface area contributed by atoms with E-state index in [0.717, 1.165) is 19.3 Å². The number of rotatable bonds is 4. The summed E-state index contributed by atoms with van der Waals surface area (Å²) in [6.45, 7) is 0. The summed E-state index contributed by atoms with van der Waals surface area (Å²) >= 11 is 12.3. The quantitative estimate of drug-likeness (QED) is 0.576. The Morgan fingerprint density at radius 2 is 1.83 bits per heavy atom. The fraction of sp³-hybridized carbons (Fsp3) is 0.550. The molecule has 2 saturated heterocycles. The summed E-state index contributed by atoms with van der Waals surface area (Å²) in [5.41, 5.74) is -0.00975. The van der Waals surface area contributed by atoms with E-state index in [0.29, 0.717) is 24.3 Å². The van der Waals surface area contributed by atoms with Crippen LogP contribution in [0.3, 0.4) is 0 Å². The number of nitrogens with zero attached hydrogens (tertiary/aromatic N) is 1. The second kappa shape index (κ2) is 8.22. The first-order valence-corrected chi connectivity index (χ1v) is 12.4. The average molecular weight is 474 g/mol. The van der Waals surface area contributed by atoms with Gasteiger partial charge in [-0.3, -0.25) is 0 Å². The van der Waals surface area contributed by atoms with E-state index in [2.05, 4.69) is 15.5 Å². The smallest absolute Gasteiger partial charge is 0.319 e. The van der Waals surface area contributed by atoms with Crippen LogP contribution in [0.1, 0.15) is 38.5 Å². The number of phenolic OH excluding ortho intramolecular Hbond substituents is 1. The summed E-state index contributed by atoms with van der Waals surface area (Å²) in [4.78, 5) is 14.3. The van der Waals surface area contributed by atoms with Gasteiger partial charge in [0.25, 0.3) is 0 Å². The molecule has 1 aliphatic carbocycles. The number of urea groups is 1. The summed E-state index contributed by atoms with van der Waals surface area (Å²) in [5, 5.41) is 15.9. The standard InChI is InChI=1S/C20H25Cl2N3O4S/c1-25-11-5-6-12(25)10-13(9-11)30(28,29)19-15(22)7-8-17(18(19)26)24-20(27)23-16-4-2-3-14(16)21/h3,7-8,11-13,16,26H,2,4-6,9-10H2,1H3,(H2,23,24,27)/t11-,12+,13-,16?. The maximum atomic E-state index is 13.4. The minimum absolute atomic E-state index is 0.00975. The van der Waals surface area contributed by atoms with Gasteiger partial charge in [-0.05, 0) is 57.7 Å². The number of benzene rings is 1. The molecule has 1 aromatic carbocycles. The number of hydrogen-bond acceptors (Lipinski definition) is 5. The molecule has 164 valence electrons. The lowest BCUT2D eigenvalue weighted by Gasteiger charge is -2.36. The topological polar surface area (TPSA) is 98.7 Å². The highest BCUT2D eigenvalue weighted by Crippen LogP contribution is 2.44. The third kappa shape index (κ3) is 3.90. The molecule has 0 aromatic heterocycles. The monoisotopic (exact) mass is 473 g/mol. The van der Waals surface area contributed by atoms with Crippen molar-refractivity contribution in [1.29, 1.82) is 0 Å². The highest BCUT2D eigenvalue weighted by Gasteiger charge is 2.45. The lowest BCUT2D eigenvalue weighted by atomic mass is 10.0. The number of aromatic hydroxyl groups is 1. The Kier molecular flexibility index (Phi) is 5.96. The van der Waals surface area contributed by atoms with Crippen LogP contribution in [0.15, 0.2) is 28.1 Å². The number of allylic oxidation sites excluding steroid dienone is 1. The maximum Gasteiger partial charge on any atom is 0.319 e. The maximum absolute atomic E-state index is 13.4. The van der Waals surface area contributed by atoms with Crippen LogP contribution in [0.2, 0.25) is 5.02 Å². The predicted octanol–water partition coefficient (Wildman–Crippen LogP) is 3.85. The Hall–Kier alpha value is -1.48. The first-order valence-electron chi connectivity index (χ1n) is 10.1. The van der Waals surface area contributed by atoms with Crippen molar-refractivity contribution in [1.82, 2.24) is 10.2 Å². The van der Waals surface area contributed by atoms with Crippen molar-refractivity contribution >= 4 is 44.8 Å². The summed E-state index contributed by atoms with van der Waals surface area (Å²) in [7, 11) is -1.84. The van der Waals surface area contributed by atoms with Crippen LogP contribution in [0, 0.1) is 0 Å². The molecule has 4 atom stereocenters. The molecule has 2 amide bonds. The van der Waals surface area contributed by atoms with Crippen molar-refractivity contribution in [3.63, 3.8) is 0 Å². The van der Waals surface area contributed by atoms with Gasteiger partial charge in [-0.2, -0.15) is 0 Å². The van der Waals surface area contributed by atoms with E-state index in [-0.39, 0.29) is 33.7 Å². The van der Waals surface area contributed by atoms with Gasteiger partial charge in [-0.1, -0.05) is 29.3 Å². The largest absolute Gasteiger partial charge is 0.504 e. The number of carbonyl (C=O) groups is 1. The third-order valence-electron chi connectivity index (χ3n) is 6.54. The summed E-state index contributed by atoms with van der Waals surface area (Å²) < 4.78 is 26.8. The molecule has 1 aromatic rings. The zero-order chi connectivity index (χ0) is 21.6. The number of phenols is 1. The zero-order valence-corrected chi connectivity index (χ0v) is 18.9. The molecule has 2 bridgehead atoms. The number of anilines is 1. The van der Waals surface area contributed by atoms with Crippen LogP contribution in [0.25, 0.3) is 0 Å². The van der Waals surface area contributed by atoms with Gasteiger partial charge in [0, 0.05) is 17.1 Å². The van der Waals surface area contributed by atoms with Gasteiger partial charge >= 0.3 is 6.03 Å². The van der Waals surface area contributed by atoms with E-state index in [1.165, 1.54) is 12.1 Å². The molecular formula is C20H25Cl2N3O4S. The van der Waals surface area contributed by atoms with Gasteiger partial charge in [0.2, 0.25) is 0 Å². The molecule has 1 unspecified atom stereocenters. The lowest BCUT2D eigenvalue weighted by molar-refractivity contribution is 0.180. The Balaban J connectivity index is 1.56. The van der Waals surface area contributed by atoms with Gasteiger partial charge in [-0.25, -0.2) is 13.2 Å². The van der Waals surface area contributed by atoms with Crippen LogP contribution >= 0.6 is 23.2 Å². The van der Waals surface area contributed by atoms with Gasteiger partial charge < -0.3 is 20.6 Å². The number of sulfone groups is 1. The zero-order valence-electron chi connectivity index (χ0n) is 16.6. The fourth-order valence-corrected chi connectivity index (χ4v) is 7.58. The normalized spacial score (nSPS) is 29.0. The molecule has 30 heavy (non-hydrogen) atoms. The van der Waals surface area contributed by atoms with Crippen molar-refractivity contribution in [2.45, 2.75) is 66.8 Å². The Labute approximate surface area is 186 Å². The number of halogens is 2. The van der Waals surface area contributed by atoms with E-state index < -0.39 is 26.9 Å². The number of amides is 2. The SMILES string of the molecule is CN1[C@@H]2CC[C@H]1C[C@H](S(=O)(=O)c1c(Cl)ccc(NC(=O)NC3CCC=C3Cl)c1O)C2. The summed E-state index contributed by atoms with van der Waals surface area (Å²) in [6, 6.07) is 2.35. The van der Waals surface area contributed by atoms with E-state index in [1.807, 2.05) is 13.1 Å². The molecular weight excluding hydrogens is 449 g/mol. The molecule has 4 rings (SSSR count). The molecule has 2 heterocycles. The van der Waals surface area contributed by atoms with Crippen molar-refractivity contribution in [2.75, 3.05) is 12.4 Å². The Morgan fingerprint density at radius 3 is 2.43 bits per heavy atom. The highest BCUT2D eigenvalue weighted by atomic mass is 35.5. The minimum atomic E-state index is -3.87. The second-order valence-electron chi connectivity index (χ2n) is 8.28. The molecule has 2 fully saturated rings. The average Bonchev–Trinajstić information content (AvgIpc) is 3.14. The van der Waals surface area contributed by atoms with Crippen molar-refractivity contribution in [3.8, 4) is 5.75 Å². The fourth-order valence-electron chi connectivity index (χ4n) is 4.83. The van der Waals surface area contributed by atoms with E-state index in [1.54, 1.807) is 0 Å². The molecule has 10 heteroatoms. The Bertz CT molecular complexity index is 984. The van der Waals surface area contributed by atoms with Crippen LogP contribution in [0.5, 0.6) is 5.75 Å². The molecule has 3 aliphatic rings. The van der Waals surface area contributed by atoms with E-state index >= 15 is 0 Å². The number of nitrogens with one attached hydrogen (secondary N) is 2. The first kappa shape index (κ1) is 21.7. The Morgan fingerprint density at radius 1 is 1.17 bits per heavy atom. The van der Waals surface area contributed by atoms with Crippen LogP contribution in [0.4, 0.5) is 10.5 Å². The number of fused-ring (bicyclic) bond motifs is 2. The summed E-state index contributed by atoms with van der Waals surface area (Å²) in [5.74, 6) is -0.531. The number of piperidine rings is 1. The van der Waals surface area contributed by atoms with Gasteiger partial charge in [0.1, 0.15) is 4.90 Å². The number of carbonyl (C=O) groups excluding carboxylic acids is 1. The first-order chi connectivity index (χ1) is 14.2. The van der Waals surface area contributed by atoms with Crippen LogP contribution in [-0.2, 0) is 9.84 Å².